The van der Waals surface area contributed by atoms with E-state index in [1.807, 2.05) is 0 Å². The number of ether oxygens (including phenoxy) is 2. The minimum Gasteiger partial charge on any atom is -0.394 e. The standard InChI is InChI=1S/C51H101NO8/c1-3-5-7-9-11-13-14-15-16-17-18-19-20-21-22-23-24-25-26-27-28-29-30-31-33-35-37-39-41-47(55)52-44(45(54)40-38-36-34-32-12-10-8-6-4-2)43-59-51-50(58)49(57)48(56)46(42-53)60-51/h44-46,48-51,53-54,56-58H,3-43H2,1-2H3,(H,52,55)/t44-,45+,46+,48+,49?,50?,51+/m0/s1. The van der Waals surface area contributed by atoms with E-state index < -0.39 is 49.5 Å². The molecule has 9 heteroatoms. The molecular weight excluding hydrogens is 755 g/mol. The molecule has 0 radical (unpaired) electrons. The predicted molar refractivity (Wildman–Crippen MR) is 249 cm³/mol. The fourth-order valence-electron chi connectivity index (χ4n) is 8.75. The molecule has 1 heterocycles. The molecule has 1 saturated heterocycles. The summed E-state index contributed by atoms with van der Waals surface area (Å²) in [6.07, 6.45) is 41.5. The molecule has 0 aliphatic carbocycles. The molecule has 358 valence electrons. The first kappa shape index (κ1) is 57.2. The van der Waals surface area contributed by atoms with Crippen LogP contribution in [0.25, 0.3) is 0 Å². The maximum absolute atomic E-state index is 13.0. The van der Waals surface area contributed by atoms with Gasteiger partial charge < -0.3 is 40.3 Å². The van der Waals surface area contributed by atoms with Crippen LogP contribution < -0.4 is 5.32 Å². The molecule has 0 spiro atoms. The first-order valence-corrected chi connectivity index (χ1v) is 26.2. The number of aliphatic hydroxyl groups is 5. The minimum absolute atomic E-state index is 0.132. The van der Waals surface area contributed by atoms with Gasteiger partial charge in [-0.15, -0.1) is 0 Å². The van der Waals surface area contributed by atoms with Gasteiger partial charge in [-0.25, -0.2) is 0 Å². The first-order valence-electron chi connectivity index (χ1n) is 26.2. The first-order chi connectivity index (χ1) is 29.3. The Labute approximate surface area is 370 Å². The van der Waals surface area contributed by atoms with Crippen LogP contribution in [0.5, 0.6) is 0 Å². The number of hydrogen-bond acceptors (Lipinski definition) is 8. The van der Waals surface area contributed by atoms with E-state index in [1.54, 1.807) is 0 Å². The van der Waals surface area contributed by atoms with Crippen molar-refractivity contribution in [2.45, 2.75) is 307 Å². The summed E-state index contributed by atoms with van der Waals surface area (Å²) in [7, 11) is 0. The average Bonchev–Trinajstić information content (AvgIpc) is 3.25. The van der Waals surface area contributed by atoms with Crippen molar-refractivity contribution >= 4 is 5.91 Å². The van der Waals surface area contributed by atoms with Crippen molar-refractivity contribution in [3.05, 3.63) is 0 Å². The summed E-state index contributed by atoms with van der Waals surface area (Å²) < 4.78 is 11.2. The van der Waals surface area contributed by atoms with Crippen molar-refractivity contribution in [3.63, 3.8) is 0 Å². The Hall–Kier alpha value is -0.810. The number of carbonyl (C=O) groups excluding carboxylic acids is 1. The molecule has 0 aromatic heterocycles. The van der Waals surface area contributed by atoms with Crippen LogP contribution in [0.4, 0.5) is 0 Å². The van der Waals surface area contributed by atoms with Crippen LogP contribution >= 0.6 is 0 Å². The molecule has 1 fully saturated rings. The van der Waals surface area contributed by atoms with E-state index in [2.05, 4.69) is 19.2 Å². The summed E-state index contributed by atoms with van der Waals surface area (Å²) >= 11 is 0. The van der Waals surface area contributed by atoms with Gasteiger partial charge in [0.2, 0.25) is 5.91 Å². The summed E-state index contributed by atoms with van der Waals surface area (Å²) in [5.74, 6) is -0.140. The van der Waals surface area contributed by atoms with E-state index >= 15 is 0 Å². The fraction of sp³-hybridized carbons (Fsp3) is 0.980. The lowest BCUT2D eigenvalue weighted by atomic mass is 9.99. The van der Waals surface area contributed by atoms with Gasteiger partial charge in [-0.3, -0.25) is 4.79 Å². The van der Waals surface area contributed by atoms with E-state index in [9.17, 15) is 30.3 Å². The zero-order chi connectivity index (χ0) is 43.7. The lowest BCUT2D eigenvalue weighted by Crippen LogP contribution is -2.60. The summed E-state index contributed by atoms with van der Waals surface area (Å²) in [6, 6.07) is -0.710. The van der Waals surface area contributed by atoms with Crippen molar-refractivity contribution in [3.8, 4) is 0 Å². The van der Waals surface area contributed by atoms with Gasteiger partial charge in [-0.1, -0.05) is 245 Å². The van der Waals surface area contributed by atoms with Crippen molar-refractivity contribution in [1.29, 1.82) is 0 Å². The number of amides is 1. The molecule has 6 N–H and O–H groups in total. The lowest BCUT2D eigenvalue weighted by Gasteiger charge is -2.40. The summed E-state index contributed by atoms with van der Waals surface area (Å²) in [5, 5.41) is 54.3. The van der Waals surface area contributed by atoms with Gasteiger partial charge in [0, 0.05) is 6.42 Å². The number of hydrogen-bond donors (Lipinski definition) is 6. The monoisotopic (exact) mass is 856 g/mol. The van der Waals surface area contributed by atoms with Crippen LogP contribution in [0.3, 0.4) is 0 Å². The third-order valence-electron chi connectivity index (χ3n) is 13.0. The molecule has 0 bridgehead atoms. The zero-order valence-electron chi connectivity index (χ0n) is 39.5. The van der Waals surface area contributed by atoms with Crippen LogP contribution in [0.15, 0.2) is 0 Å². The highest BCUT2D eigenvalue weighted by molar-refractivity contribution is 5.76. The minimum atomic E-state index is -1.55. The van der Waals surface area contributed by atoms with E-state index in [0.717, 1.165) is 38.5 Å². The van der Waals surface area contributed by atoms with Gasteiger partial charge in [-0.2, -0.15) is 0 Å². The van der Waals surface area contributed by atoms with Gasteiger partial charge in [0.25, 0.3) is 0 Å². The topological polar surface area (TPSA) is 149 Å². The Bertz CT molecular complexity index is 908. The second kappa shape index (κ2) is 42.2. The van der Waals surface area contributed by atoms with E-state index in [1.165, 1.54) is 199 Å². The van der Waals surface area contributed by atoms with E-state index in [-0.39, 0.29) is 12.5 Å². The van der Waals surface area contributed by atoms with Crippen molar-refractivity contribution in [1.82, 2.24) is 5.32 Å². The van der Waals surface area contributed by atoms with Crippen molar-refractivity contribution in [2.75, 3.05) is 13.2 Å². The molecule has 7 atom stereocenters. The Kier molecular flexibility index (Phi) is 40.2. The largest absolute Gasteiger partial charge is 0.394 e. The molecule has 0 saturated carbocycles. The highest BCUT2D eigenvalue weighted by Gasteiger charge is 2.44. The summed E-state index contributed by atoms with van der Waals surface area (Å²) in [4.78, 5) is 13.0. The quantitative estimate of drug-likeness (QED) is 0.0332. The Balaban J connectivity index is 2.10. The Morgan fingerprint density at radius 1 is 0.500 bits per heavy atom. The Morgan fingerprint density at radius 2 is 0.833 bits per heavy atom. The van der Waals surface area contributed by atoms with Crippen molar-refractivity contribution in [2.24, 2.45) is 0 Å². The predicted octanol–water partition coefficient (Wildman–Crippen LogP) is 11.9. The third-order valence-corrected chi connectivity index (χ3v) is 13.0. The normalized spacial score (nSPS) is 20.4. The summed E-state index contributed by atoms with van der Waals surface area (Å²) in [5.41, 5.74) is 0. The molecule has 1 amide bonds. The van der Waals surface area contributed by atoms with Crippen LogP contribution in [0.2, 0.25) is 0 Å². The second-order valence-electron chi connectivity index (χ2n) is 18.7. The Morgan fingerprint density at radius 3 is 1.18 bits per heavy atom. The molecule has 9 nitrogen and oxygen atoms in total. The summed E-state index contributed by atoms with van der Waals surface area (Å²) in [6.45, 7) is 3.83. The molecule has 0 aromatic rings. The van der Waals surface area contributed by atoms with E-state index in [0.29, 0.717) is 12.8 Å². The maximum Gasteiger partial charge on any atom is 0.220 e. The molecular formula is C51H101NO8. The SMILES string of the molecule is CCCCCCCCCCCCCCCCCCCCCCCCCCCCCCC(=O)N[C@@H](CO[C@@H]1O[C@H](CO)[C@@H](O)C(O)C1O)[C@H](O)CCCCCCCCCCC. The highest BCUT2D eigenvalue weighted by Crippen LogP contribution is 2.23. The highest BCUT2D eigenvalue weighted by atomic mass is 16.7. The van der Waals surface area contributed by atoms with Gasteiger partial charge in [0.05, 0.1) is 25.4 Å². The van der Waals surface area contributed by atoms with Crippen LogP contribution in [0.1, 0.15) is 264 Å². The smallest absolute Gasteiger partial charge is 0.220 e. The molecule has 60 heavy (non-hydrogen) atoms. The van der Waals surface area contributed by atoms with Crippen molar-refractivity contribution < 1.29 is 39.8 Å². The average molecular weight is 856 g/mol. The molecule has 1 aliphatic rings. The number of nitrogens with one attached hydrogen (secondary N) is 1. The zero-order valence-corrected chi connectivity index (χ0v) is 39.5. The number of unbranched alkanes of at least 4 members (excludes halogenated alkanes) is 35. The molecule has 1 rings (SSSR count). The van der Waals surface area contributed by atoms with Gasteiger partial charge in [0.15, 0.2) is 6.29 Å². The molecule has 1 aliphatic heterocycles. The number of aliphatic hydroxyl groups excluding tert-OH is 5. The fourth-order valence-corrected chi connectivity index (χ4v) is 8.75. The third kappa shape index (κ3) is 31.9. The molecule has 2 unspecified atom stereocenters. The maximum atomic E-state index is 13.0. The number of rotatable bonds is 45. The van der Waals surface area contributed by atoms with Crippen LogP contribution in [-0.4, -0.2) is 87.5 Å². The van der Waals surface area contributed by atoms with Crippen LogP contribution in [-0.2, 0) is 14.3 Å². The number of carbonyl (C=O) groups is 1. The van der Waals surface area contributed by atoms with Gasteiger partial charge in [-0.05, 0) is 12.8 Å². The second-order valence-corrected chi connectivity index (χ2v) is 18.7. The van der Waals surface area contributed by atoms with Crippen LogP contribution in [0, 0.1) is 0 Å². The van der Waals surface area contributed by atoms with Gasteiger partial charge in [0.1, 0.15) is 24.4 Å². The van der Waals surface area contributed by atoms with E-state index in [4.69, 9.17) is 9.47 Å². The lowest BCUT2D eigenvalue weighted by molar-refractivity contribution is -0.302. The molecule has 0 aromatic carbocycles. The van der Waals surface area contributed by atoms with Gasteiger partial charge >= 0.3 is 0 Å².